The lowest BCUT2D eigenvalue weighted by atomic mass is 10.0. The van der Waals surface area contributed by atoms with Gasteiger partial charge in [0.25, 0.3) is 0 Å². The minimum Gasteiger partial charge on any atom is -0.490 e. The Bertz CT molecular complexity index is 631. The second-order valence-electron chi connectivity index (χ2n) is 6.55. The predicted molar refractivity (Wildman–Crippen MR) is 97.2 cm³/mol. The van der Waals surface area contributed by atoms with Gasteiger partial charge in [0.1, 0.15) is 5.75 Å². The van der Waals surface area contributed by atoms with E-state index in [-0.39, 0.29) is 24.0 Å². The van der Waals surface area contributed by atoms with Gasteiger partial charge >= 0.3 is 0 Å². The summed E-state index contributed by atoms with van der Waals surface area (Å²) < 4.78 is 30.4. The molecule has 2 rings (SSSR count). The summed E-state index contributed by atoms with van der Waals surface area (Å²) in [6.45, 7) is 1.89. The number of hydrogen-bond acceptors (Lipinski definition) is 4. The molecule has 1 atom stereocenters. The second kappa shape index (κ2) is 9.23. The van der Waals surface area contributed by atoms with E-state index in [1.165, 1.54) is 12.8 Å². The van der Waals surface area contributed by atoms with E-state index in [9.17, 15) is 8.42 Å². The summed E-state index contributed by atoms with van der Waals surface area (Å²) in [5.74, 6) is 1.03. The van der Waals surface area contributed by atoms with E-state index in [0.717, 1.165) is 24.2 Å². The lowest BCUT2D eigenvalue weighted by Crippen LogP contribution is -2.16. The van der Waals surface area contributed by atoms with E-state index >= 15 is 0 Å². The smallest absolute Gasteiger partial charge is 0.151 e. The van der Waals surface area contributed by atoms with Crippen molar-refractivity contribution in [2.24, 2.45) is 0 Å². The summed E-state index contributed by atoms with van der Waals surface area (Å²) in [5, 5.41) is 8.67. The van der Waals surface area contributed by atoms with Crippen LogP contribution in [0.25, 0.3) is 0 Å². The summed E-state index contributed by atoms with van der Waals surface area (Å²) in [5.41, 5.74) is 1.000. The molecule has 0 aliphatic heterocycles. The van der Waals surface area contributed by atoms with Crippen molar-refractivity contribution in [2.45, 2.75) is 51.0 Å². The molecule has 1 aromatic rings. The van der Waals surface area contributed by atoms with Crippen LogP contribution in [-0.4, -0.2) is 37.7 Å². The van der Waals surface area contributed by atoms with E-state index in [1.807, 2.05) is 31.2 Å². The first-order valence-corrected chi connectivity index (χ1v) is 10.6. The number of rotatable bonds is 9. The Balaban J connectivity index is 1.93. The van der Waals surface area contributed by atoms with Crippen molar-refractivity contribution in [2.75, 3.05) is 18.1 Å². The summed E-state index contributed by atoms with van der Waals surface area (Å²) in [7, 11) is -3.12. The minimum atomic E-state index is -3.12. The Morgan fingerprint density at radius 3 is 2.75 bits per heavy atom. The average molecular weight is 352 g/mol. The van der Waals surface area contributed by atoms with Crippen LogP contribution in [0.2, 0.25) is 0 Å². The van der Waals surface area contributed by atoms with Crippen LogP contribution in [0.15, 0.2) is 36.4 Å². The molecule has 24 heavy (non-hydrogen) atoms. The van der Waals surface area contributed by atoms with Gasteiger partial charge in [-0.3, -0.25) is 0 Å². The van der Waals surface area contributed by atoms with Gasteiger partial charge in [-0.15, -0.1) is 0 Å². The molecule has 0 bridgehead atoms. The number of ether oxygens (including phenoxy) is 1. The molecule has 1 aliphatic carbocycles. The summed E-state index contributed by atoms with van der Waals surface area (Å²) in [6, 6.07) is 7.83. The summed E-state index contributed by atoms with van der Waals surface area (Å²) in [4.78, 5) is 0. The van der Waals surface area contributed by atoms with Crippen LogP contribution in [-0.2, 0) is 9.84 Å². The molecule has 1 saturated carbocycles. The minimum absolute atomic E-state index is 0.0514. The predicted octanol–water partition coefficient (Wildman–Crippen LogP) is 3.46. The first kappa shape index (κ1) is 19.0. The van der Waals surface area contributed by atoms with E-state index in [0.29, 0.717) is 12.5 Å². The normalized spacial score (nSPS) is 17.4. The molecule has 1 fully saturated rings. The van der Waals surface area contributed by atoms with Gasteiger partial charge in [0.2, 0.25) is 0 Å². The Morgan fingerprint density at radius 1 is 1.29 bits per heavy atom. The third-order valence-corrected chi connectivity index (χ3v) is 6.27. The van der Waals surface area contributed by atoms with Crippen LogP contribution in [0, 0.1) is 0 Å². The number of benzene rings is 1. The van der Waals surface area contributed by atoms with E-state index in [2.05, 4.69) is 0 Å². The molecule has 5 heteroatoms. The second-order valence-corrected chi connectivity index (χ2v) is 8.78. The van der Waals surface area contributed by atoms with Gasteiger partial charge in [0.05, 0.1) is 24.2 Å². The first-order chi connectivity index (χ1) is 11.5. The van der Waals surface area contributed by atoms with E-state index in [4.69, 9.17) is 9.84 Å². The van der Waals surface area contributed by atoms with Crippen LogP contribution < -0.4 is 4.74 Å². The Hall–Kier alpha value is -1.33. The fourth-order valence-corrected chi connectivity index (χ4v) is 4.71. The quantitative estimate of drug-likeness (QED) is 0.691. The van der Waals surface area contributed by atoms with Crippen molar-refractivity contribution in [3.8, 4) is 5.75 Å². The van der Waals surface area contributed by atoms with Gasteiger partial charge in [-0.05, 0) is 55.7 Å². The maximum Gasteiger partial charge on any atom is 0.151 e. The van der Waals surface area contributed by atoms with Gasteiger partial charge < -0.3 is 9.84 Å². The highest BCUT2D eigenvalue weighted by atomic mass is 32.2. The van der Waals surface area contributed by atoms with Crippen LogP contribution >= 0.6 is 0 Å². The highest BCUT2D eigenvalue weighted by molar-refractivity contribution is 7.91. The monoisotopic (exact) mass is 352 g/mol. The Kier molecular flexibility index (Phi) is 7.31. The van der Waals surface area contributed by atoms with Gasteiger partial charge in [-0.2, -0.15) is 0 Å². The maximum absolute atomic E-state index is 12.2. The van der Waals surface area contributed by atoms with Crippen molar-refractivity contribution >= 4 is 9.84 Å². The van der Waals surface area contributed by atoms with Crippen molar-refractivity contribution < 1.29 is 18.3 Å². The van der Waals surface area contributed by atoms with Gasteiger partial charge in [0.15, 0.2) is 9.84 Å². The molecule has 0 unspecified atom stereocenters. The summed E-state index contributed by atoms with van der Waals surface area (Å²) in [6.07, 6.45) is 8.69. The maximum atomic E-state index is 12.2. The van der Waals surface area contributed by atoms with Crippen molar-refractivity contribution in [1.82, 2.24) is 0 Å². The Labute approximate surface area is 145 Å². The number of aliphatic hydroxyl groups is 1. The number of hydrogen-bond donors (Lipinski definition) is 1. The highest BCUT2D eigenvalue weighted by Crippen LogP contribution is 2.27. The zero-order chi connectivity index (χ0) is 17.4. The van der Waals surface area contributed by atoms with Crippen LogP contribution in [0.4, 0.5) is 0 Å². The fraction of sp³-hybridized carbons (Fsp3) is 0.579. The summed E-state index contributed by atoms with van der Waals surface area (Å²) >= 11 is 0. The average Bonchev–Trinajstić information content (AvgIpc) is 3.04. The lowest BCUT2D eigenvalue weighted by molar-refractivity contribution is 0.210. The lowest BCUT2D eigenvalue weighted by Gasteiger charge is -2.16. The van der Waals surface area contributed by atoms with Crippen molar-refractivity contribution in [1.29, 1.82) is 0 Å². The number of aliphatic hydroxyl groups excluding tert-OH is 1. The number of sulfone groups is 1. The zero-order valence-electron chi connectivity index (χ0n) is 14.4. The molecule has 0 spiro atoms. The number of allylic oxidation sites excluding steroid dienone is 1. The zero-order valence-corrected chi connectivity index (χ0v) is 15.2. The van der Waals surface area contributed by atoms with Gasteiger partial charge in [-0.1, -0.05) is 31.2 Å². The Morgan fingerprint density at radius 2 is 2.04 bits per heavy atom. The van der Waals surface area contributed by atoms with Crippen LogP contribution in [0.3, 0.4) is 0 Å². The standard InChI is InChI=1S/C19H28O4S/c1-16(15-24(21,22)13-6-2-5-12-20)17-8-7-11-19(14-17)23-18-9-3-4-10-18/h2,5,7-8,11,14,16,18,20H,3-4,6,9-10,12-13,15H2,1H3/b5-2+/t16-/m0/s1. The molecule has 0 aromatic heterocycles. The molecule has 0 heterocycles. The fourth-order valence-electron chi connectivity index (χ4n) is 3.09. The SMILES string of the molecule is C[C@@H](CS(=O)(=O)CC/C=C/CO)c1cccc(OC2CCCC2)c1. The molecule has 0 radical (unpaired) electrons. The van der Waals surface area contributed by atoms with Crippen molar-refractivity contribution in [3.63, 3.8) is 0 Å². The molecular weight excluding hydrogens is 324 g/mol. The molecule has 1 aliphatic rings. The highest BCUT2D eigenvalue weighted by Gasteiger charge is 2.19. The van der Waals surface area contributed by atoms with E-state index in [1.54, 1.807) is 12.2 Å². The first-order valence-electron chi connectivity index (χ1n) is 8.73. The van der Waals surface area contributed by atoms with E-state index < -0.39 is 9.84 Å². The van der Waals surface area contributed by atoms with Crippen molar-refractivity contribution in [3.05, 3.63) is 42.0 Å². The van der Waals surface area contributed by atoms with Crippen LogP contribution in [0.1, 0.15) is 50.5 Å². The van der Waals surface area contributed by atoms with Crippen LogP contribution in [0.5, 0.6) is 5.75 Å². The largest absolute Gasteiger partial charge is 0.490 e. The molecule has 4 nitrogen and oxygen atoms in total. The van der Waals surface area contributed by atoms with Gasteiger partial charge in [0, 0.05) is 0 Å². The third kappa shape index (κ3) is 6.29. The molecule has 134 valence electrons. The molecule has 0 saturated heterocycles. The molecule has 1 N–H and O–H groups in total. The molecular formula is C19H28O4S. The molecule has 0 amide bonds. The third-order valence-electron chi connectivity index (χ3n) is 4.40. The van der Waals surface area contributed by atoms with Gasteiger partial charge in [-0.25, -0.2) is 8.42 Å². The molecule has 1 aromatic carbocycles. The topological polar surface area (TPSA) is 63.6 Å².